The van der Waals surface area contributed by atoms with Crippen LogP contribution in [0.15, 0.2) is 22.7 Å². The number of rotatable bonds is 5. The number of nitrogen functional groups attached to an aromatic ring is 1. The van der Waals surface area contributed by atoms with E-state index in [0.717, 1.165) is 10.7 Å². The average Bonchev–Trinajstić information content (AvgIpc) is 2.19. The summed E-state index contributed by atoms with van der Waals surface area (Å²) in [5.74, 6) is -0.112. The molecule has 0 spiro atoms. The van der Waals surface area contributed by atoms with Crippen LogP contribution in [0, 0.1) is 0 Å². The molecular weight excluding hydrogens is 306 g/mol. The standard InChI is InChI=1S/C11H14BrNO3S/c1-17(15,16)6-2-3-11(14)9-7-8(12)4-5-10(9)13/h4-5,7H,2-3,6,13H2,1H3. The van der Waals surface area contributed by atoms with E-state index in [9.17, 15) is 13.2 Å². The molecule has 0 saturated carbocycles. The van der Waals surface area contributed by atoms with Crippen LogP contribution < -0.4 is 5.73 Å². The SMILES string of the molecule is CS(=O)(=O)CCCC(=O)c1cc(Br)ccc1N. The first-order chi connectivity index (χ1) is 7.79. The van der Waals surface area contributed by atoms with Gasteiger partial charge >= 0.3 is 0 Å². The first-order valence-electron chi connectivity index (χ1n) is 5.05. The first-order valence-corrected chi connectivity index (χ1v) is 7.91. The number of hydrogen-bond acceptors (Lipinski definition) is 4. The Morgan fingerprint density at radius 3 is 2.65 bits per heavy atom. The Morgan fingerprint density at radius 2 is 2.06 bits per heavy atom. The maximum atomic E-state index is 11.8. The van der Waals surface area contributed by atoms with Crippen LogP contribution in [-0.4, -0.2) is 26.2 Å². The van der Waals surface area contributed by atoms with Crippen LogP contribution in [-0.2, 0) is 9.84 Å². The van der Waals surface area contributed by atoms with Crippen molar-refractivity contribution in [3.05, 3.63) is 28.2 Å². The lowest BCUT2D eigenvalue weighted by Crippen LogP contribution is -2.08. The van der Waals surface area contributed by atoms with Gasteiger partial charge in [-0.15, -0.1) is 0 Å². The Balaban J connectivity index is 2.67. The van der Waals surface area contributed by atoms with Crippen molar-refractivity contribution < 1.29 is 13.2 Å². The van der Waals surface area contributed by atoms with Crippen LogP contribution >= 0.6 is 15.9 Å². The van der Waals surface area contributed by atoms with Crippen molar-refractivity contribution in [3.63, 3.8) is 0 Å². The zero-order valence-corrected chi connectivity index (χ0v) is 11.8. The number of carbonyl (C=O) groups excluding carboxylic acids is 1. The van der Waals surface area contributed by atoms with Gasteiger partial charge in [-0.1, -0.05) is 15.9 Å². The van der Waals surface area contributed by atoms with Crippen molar-refractivity contribution in [2.75, 3.05) is 17.7 Å². The predicted octanol–water partition coefficient (Wildman–Crippen LogP) is 2.04. The summed E-state index contributed by atoms with van der Waals surface area (Å²) in [6, 6.07) is 5.05. The molecule has 0 bridgehead atoms. The number of ketones is 1. The third-order valence-corrected chi connectivity index (χ3v) is 3.76. The molecule has 94 valence electrons. The quantitative estimate of drug-likeness (QED) is 0.665. The van der Waals surface area contributed by atoms with Gasteiger partial charge in [0, 0.05) is 28.4 Å². The lowest BCUT2D eigenvalue weighted by molar-refractivity contribution is 0.0983. The third-order valence-electron chi connectivity index (χ3n) is 2.23. The van der Waals surface area contributed by atoms with Gasteiger partial charge in [0.25, 0.3) is 0 Å². The summed E-state index contributed by atoms with van der Waals surface area (Å²) >= 11 is 3.26. The minimum absolute atomic E-state index is 0.0205. The van der Waals surface area contributed by atoms with E-state index in [0.29, 0.717) is 17.7 Å². The van der Waals surface area contributed by atoms with Crippen molar-refractivity contribution in [2.45, 2.75) is 12.8 Å². The fourth-order valence-electron chi connectivity index (χ4n) is 1.40. The van der Waals surface area contributed by atoms with Gasteiger partial charge in [-0.05, 0) is 24.6 Å². The highest BCUT2D eigenvalue weighted by molar-refractivity contribution is 9.10. The highest BCUT2D eigenvalue weighted by atomic mass is 79.9. The number of Topliss-reactive ketones (excluding diaryl/α,β-unsaturated/α-hetero) is 1. The molecule has 0 atom stereocenters. The van der Waals surface area contributed by atoms with Gasteiger partial charge < -0.3 is 5.73 Å². The predicted molar refractivity (Wildman–Crippen MR) is 71.8 cm³/mol. The average molecular weight is 320 g/mol. The lowest BCUT2D eigenvalue weighted by Gasteiger charge is -2.05. The Kier molecular flexibility index (Phi) is 4.70. The third kappa shape index (κ3) is 4.87. The smallest absolute Gasteiger partial charge is 0.165 e. The minimum Gasteiger partial charge on any atom is -0.398 e. The van der Waals surface area contributed by atoms with E-state index in [4.69, 9.17) is 5.73 Å². The Hall–Kier alpha value is -0.880. The molecule has 0 aliphatic heterocycles. The molecule has 17 heavy (non-hydrogen) atoms. The second kappa shape index (κ2) is 5.64. The van der Waals surface area contributed by atoms with E-state index in [-0.39, 0.29) is 18.0 Å². The molecule has 0 aromatic heterocycles. The van der Waals surface area contributed by atoms with E-state index < -0.39 is 9.84 Å². The topological polar surface area (TPSA) is 77.2 Å². The highest BCUT2D eigenvalue weighted by Crippen LogP contribution is 2.20. The summed E-state index contributed by atoms with van der Waals surface area (Å²) in [7, 11) is -3.01. The summed E-state index contributed by atoms with van der Waals surface area (Å²) in [5.41, 5.74) is 6.54. The molecule has 0 saturated heterocycles. The van der Waals surface area contributed by atoms with E-state index in [1.54, 1.807) is 18.2 Å². The highest BCUT2D eigenvalue weighted by Gasteiger charge is 2.11. The number of carbonyl (C=O) groups is 1. The van der Waals surface area contributed by atoms with Crippen molar-refractivity contribution in [2.24, 2.45) is 0 Å². The van der Waals surface area contributed by atoms with Gasteiger partial charge in [0.15, 0.2) is 5.78 Å². The van der Waals surface area contributed by atoms with Crippen LogP contribution in [0.3, 0.4) is 0 Å². The summed E-state index contributed by atoms with van der Waals surface area (Å²) < 4.78 is 22.6. The van der Waals surface area contributed by atoms with Gasteiger partial charge in [0.2, 0.25) is 0 Å². The van der Waals surface area contributed by atoms with Gasteiger partial charge in [-0.2, -0.15) is 0 Å². The van der Waals surface area contributed by atoms with Crippen LogP contribution in [0.2, 0.25) is 0 Å². The monoisotopic (exact) mass is 319 g/mol. The maximum absolute atomic E-state index is 11.8. The maximum Gasteiger partial charge on any atom is 0.165 e. The Bertz CT molecular complexity index is 526. The fourth-order valence-corrected chi connectivity index (χ4v) is 2.43. The molecule has 0 amide bonds. The molecule has 0 unspecified atom stereocenters. The molecule has 0 radical (unpaired) electrons. The molecule has 2 N–H and O–H groups in total. The summed E-state index contributed by atoms with van der Waals surface area (Å²) in [5, 5.41) is 0. The molecule has 1 rings (SSSR count). The van der Waals surface area contributed by atoms with Gasteiger partial charge in [-0.3, -0.25) is 4.79 Å². The first kappa shape index (κ1) is 14.2. The molecule has 4 nitrogen and oxygen atoms in total. The molecule has 0 aliphatic rings. The molecule has 0 heterocycles. The molecule has 0 aliphatic carbocycles. The largest absolute Gasteiger partial charge is 0.398 e. The minimum atomic E-state index is -3.01. The second-order valence-electron chi connectivity index (χ2n) is 3.89. The molecule has 6 heteroatoms. The zero-order valence-electron chi connectivity index (χ0n) is 9.44. The van der Waals surface area contributed by atoms with E-state index >= 15 is 0 Å². The van der Waals surface area contributed by atoms with E-state index in [1.165, 1.54) is 0 Å². The van der Waals surface area contributed by atoms with Gasteiger partial charge in [0.05, 0.1) is 5.75 Å². The van der Waals surface area contributed by atoms with Crippen molar-refractivity contribution >= 4 is 37.2 Å². The van der Waals surface area contributed by atoms with Crippen molar-refractivity contribution in [1.82, 2.24) is 0 Å². The number of halogens is 1. The number of benzene rings is 1. The van der Waals surface area contributed by atoms with Crippen molar-refractivity contribution in [3.8, 4) is 0 Å². The normalized spacial score (nSPS) is 11.4. The molecule has 1 aromatic carbocycles. The van der Waals surface area contributed by atoms with Crippen LogP contribution in [0.4, 0.5) is 5.69 Å². The number of sulfone groups is 1. The molecule has 1 aromatic rings. The molecular formula is C11H14BrNO3S. The van der Waals surface area contributed by atoms with Crippen LogP contribution in [0.1, 0.15) is 23.2 Å². The Morgan fingerprint density at radius 1 is 1.41 bits per heavy atom. The fraction of sp³-hybridized carbons (Fsp3) is 0.364. The molecule has 0 fully saturated rings. The van der Waals surface area contributed by atoms with E-state index in [2.05, 4.69) is 15.9 Å². The zero-order chi connectivity index (χ0) is 13.1. The van der Waals surface area contributed by atoms with Crippen LogP contribution in [0.25, 0.3) is 0 Å². The van der Waals surface area contributed by atoms with Gasteiger partial charge in [-0.25, -0.2) is 8.42 Å². The second-order valence-corrected chi connectivity index (χ2v) is 7.06. The number of nitrogens with two attached hydrogens (primary N) is 1. The lowest BCUT2D eigenvalue weighted by atomic mass is 10.1. The summed E-state index contributed by atoms with van der Waals surface area (Å²) in [6.45, 7) is 0. The Labute approximate surface area is 109 Å². The summed E-state index contributed by atoms with van der Waals surface area (Å²) in [6.07, 6.45) is 1.67. The number of anilines is 1. The van der Waals surface area contributed by atoms with Gasteiger partial charge in [0.1, 0.15) is 9.84 Å². The van der Waals surface area contributed by atoms with Crippen molar-refractivity contribution in [1.29, 1.82) is 0 Å². The number of hydrogen-bond donors (Lipinski definition) is 1. The summed E-state index contributed by atoms with van der Waals surface area (Å²) in [4.78, 5) is 11.8. The van der Waals surface area contributed by atoms with Crippen LogP contribution in [0.5, 0.6) is 0 Å². The van der Waals surface area contributed by atoms with E-state index in [1.807, 2.05) is 0 Å².